The Balaban J connectivity index is 2.28. The molecule has 2 N–H and O–H groups in total. The van der Waals surface area contributed by atoms with Crippen molar-refractivity contribution in [3.05, 3.63) is 0 Å². The summed E-state index contributed by atoms with van der Waals surface area (Å²) in [7, 11) is 1.67. The second-order valence-electron chi connectivity index (χ2n) is 2.80. The second-order valence-corrected chi connectivity index (χ2v) is 5.00. The minimum atomic E-state index is -4.39. The van der Waals surface area contributed by atoms with Crippen LogP contribution in [0, 0.1) is 0 Å². The smallest absolute Gasteiger partial charge is 0.363 e. The minimum Gasteiger partial charge on any atom is -0.363 e. The summed E-state index contributed by atoms with van der Waals surface area (Å²) in [6.45, 7) is -1.32. The van der Waals surface area contributed by atoms with Crippen molar-refractivity contribution in [3.8, 4) is 0 Å². The van der Waals surface area contributed by atoms with Gasteiger partial charge in [-0.25, -0.2) is 0 Å². The molecule has 1 amide bonds. The fourth-order valence-electron chi connectivity index (χ4n) is 0.746. The number of thioether (sulfide) groups is 1. The molecule has 0 saturated heterocycles. The van der Waals surface area contributed by atoms with Gasteiger partial charge < -0.3 is 10.6 Å². The number of amides is 1. The van der Waals surface area contributed by atoms with Crippen molar-refractivity contribution in [3.63, 3.8) is 0 Å². The highest BCUT2D eigenvalue weighted by molar-refractivity contribution is 8.01. The number of carbonyl (C=O) groups excluding carboxylic acids is 1. The van der Waals surface area contributed by atoms with Crippen LogP contribution in [0.15, 0.2) is 4.34 Å². The van der Waals surface area contributed by atoms with E-state index in [-0.39, 0.29) is 5.75 Å². The first-order valence-corrected chi connectivity index (χ1v) is 6.18. The molecule has 0 spiro atoms. The predicted octanol–water partition coefficient (Wildman–Crippen LogP) is 1.35. The van der Waals surface area contributed by atoms with Gasteiger partial charge in [0.2, 0.25) is 11.0 Å². The molecular weight excluding hydrogens is 277 g/mol. The molecule has 10 heteroatoms. The molecule has 17 heavy (non-hydrogen) atoms. The molecule has 0 aliphatic heterocycles. The Morgan fingerprint density at radius 1 is 1.47 bits per heavy atom. The first-order chi connectivity index (χ1) is 7.90. The van der Waals surface area contributed by atoms with E-state index in [0.717, 1.165) is 11.8 Å². The van der Waals surface area contributed by atoms with Crippen LogP contribution in [0.4, 0.5) is 18.3 Å². The number of anilines is 1. The van der Waals surface area contributed by atoms with E-state index in [1.807, 2.05) is 0 Å². The maximum atomic E-state index is 11.8. The van der Waals surface area contributed by atoms with Crippen molar-refractivity contribution < 1.29 is 18.0 Å². The standard InChI is InChI=1S/C7H9F3N4OS2/c1-11-5-13-14-6(17-5)16-2-4(15)12-3-7(8,9)10/h2-3H2,1H3,(H,11,13)(H,12,15). The van der Waals surface area contributed by atoms with Crippen molar-refractivity contribution in [2.75, 3.05) is 24.7 Å². The van der Waals surface area contributed by atoms with Crippen molar-refractivity contribution in [2.24, 2.45) is 0 Å². The Morgan fingerprint density at radius 2 is 2.18 bits per heavy atom. The van der Waals surface area contributed by atoms with Gasteiger partial charge in [-0.1, -0.05) is 23.1 Å². The average molecular weight is 286 g/mol. The van der Waals surface area contributed by atoms with Crippen molar-refractivity contribution in [1.82, 2.24) is 15.5 Å². The number of halogens is 3. The number of nitrogens with zero attached hydrogens (tertiary/aromatic N) is 2. The first-order valence-electron chi connectivity index (χ1n) is 4.38. The Kier molecular flexibility index (Phi) is 5.00. The monoisotopic (exact) mass is 286 g/mol. The molecule has 0 atom stereocenters. The van der Waals surface area contributed by atoms with Crippen LogP contribution in [0.1, 0.15) is 0 Å². The second kappa shape index (κ2) is 6.05. The molecule has 0 aliphatic rings. The van der Waals surface area contributed by atoms with Gasteiger partial charge in [0.1, 0.15) is 6.54 Å². The van der Waals surface area contributed by atoms with Gasteiger partial charge in [0.25, 0.3) is 0 Å². The van der Waals surface area contributed by atoms with E-state index in [0.29, 0.717) is 9.47 Å². The van der Waals surface area contributed by atoms with Gasteiger partial charge in [-0.15, -0.1) is 10.2 Å². The summed E-state index contributed by atoms with van der Waals surface area (Å²) < 4.78 is 35.9. The third kappa shape index (κ3) is 5.73. The van der Waals surface area contributed by atoms with Crippen LogP contribution in [-0.4, -0.2) is 41.6 Å². The molecule has 1 aromatic heterocycles. The van der Waals surface area contributed by atoms with Crippen molar-refractivity contribution >= 4 is 34.1 Å². The van der Waals surface area contributed by atoms with E-state index in [9.17, 15) is 18.0 Å². The summed E-state index contributed by atoms with van der Waals surface area (Å²) in [6, 6.07) is 0. The summed E-state index contributed by atoms with van der Waals surface area (Å²) in [6.07, 6.45) is -4.39. The minimum absolute atomic E-state index is 0.117. The average Bonchev–Trinajstić information content (AvgIpc) is 2.70. The fourth-order valence-corrected chi connectivity index (χ4v) is 2.28. The molecule has 5 nitrogen and oxygen atoms in total. The molecular formula is C7H9F3N4OS2. The number of aromatic nitrogens is 2. The van der Waals surface area contributed by atoms with E-state index in [2.05, 4.69) is 15.5 Å². The van der Waals surface area contributed by atoms with Gasteiger partial charge in [-0.2, -0.15) is 13.2 Å². The largest absolute Gasteiger partial charge is 0.405 e. The zero-order valence-corrected chi connectivity index (χ0v) is 10.3. The van der Waals surface area contributed by atoms with E-state index in [1.165, 1.54) is 11.3 Å². The van der Waals surface area contributed by atoms with Crippen LogP contribution in [0.5, 0.6) is 0 Å². The summed E-state index contributed by atoms with van der Waals surface area (Å²) in [4.78, 5) is 11.0. The number of nitrogens with one attached hydrogen (secondary N) is 2. The molecule has 0 bridgehead atoms. The Labute approximate surface area is 103 Å². The topological polar surface area (TPSA) is 66.9 Å². The van der Waals surface area contributed by atoms with E-state index >= 15 is 0 Å². The molecule has 96 valence electrons. The quantitative estimate of drug-likeness (QED) is 0.800. The van der Waals surface area contributed by atoms with Crippen LogP contribution >= 0.6 is 23.1 Å². The highest BCUT2D eigenvalue weighted by atomic mass is 32.2. The Morgan fingerprint density at radius 3 is 2.71 bits per heavy atom. The molecule has 1 aromatic rings. The zero-order valence-electron chi connectivity index (χ0n) is 8.67. The summed E-state index contributed by atoms with van der Waals surface area (Å²) >= 11 is 2.27. The Bertz CT molecular complexity index is 381. The fraction of sp³-hybridized carbons (Fsp3) is 0.571. The highest BCUT2D eigenvalue weighted by Crippen LogP contribution is 2.24. The summed E-state index contributed by atoms with van der Waals surface area (Å²) in [5.74, 6) is -0.803. The molecule has 0 radical (unpaired) electrons. The number of hydrogen-bond acceptors (Lipinski definition) is 6. The molecule has 1 heterocycles. The van der Waals surface area contributed by atoms with Crippen molar-refractivity contribution in [2.45, 2.75) is 10.5 Å². The lowest BCUT2D eigenvalue weighted by Gasteiger charge is -2.07. The molecule has 0 aromatic carbocycles. The predicted molar refractivity (Wildman–Crippen MR) is 59.2 cm³/mol. The summed E-state index contributed by atoms with van der Waals surface area (Å²) in [5.41, 5.74) is 0. The van der Waals surface area contributed by atoms with Crippen LogP contribution in [0.2, 0.25) is 0 Å². The maximum absolute atomic E-state index is 11.8. The zero-order chi connectivity index (χ0) is 12.9. The van der Waals surface area contributed by atoms with Crippen LogP contribution in [0.3, 0.4) is 0 Å². The molecule has 0 unspecified atom stereocenters. The lowest BCUT2D eigenvalue weighted by atomic mass is 10.6. The number of rotatable bonds is 5. The lowest BCUT2D eigenvalue weighted by molar-refractivity contribution is -0.136. The lowest BCUT2D eigenvalue weighted by Crippen LogP contribution is -2.34. The molecule has 1 rings (SSSR count). The molecule has 0 saturated carbocycles. The number of carbonyl (C=O) groups is 1. The van der Waals surface area contributed by atoms with E-state index < -0.39 is 18.6 Å². The maximum Gasteiger partial charge on any atom is 0.405 e. The van der Waals surface area contributed by atoms with E-state index in [1.54, 1.807) is 12.4 Å². The van der Waals surface area contributed by atoms with Gasteiger partial charge in [-0.3, -0.25) is 4.79 Å². The third-order valence-corrected chi connectivity index (χ3v) is 3.51. The van der Waals surface area contributed by atoms with Crippen molar-refractivity contribution in [1.29, 1.82) is 0 Å². The number of hydrogen-bond donors (Lipinski definition) is 2. The van der Waals surface area contributed by atoms with Crippen LogP contribution in [-0.2, 0) is 4.79 Å². The summed E-state index contributed by atoms with van der Waals surface area (Å²) in [5, 5.41) is 12.6. The van der Waals surface area contributed by atoms with Crippen LogP contribution in [0.25, 0.3) is 0 Å². The normalized spacial score (nSPS) is 11.3. The van der Waals surface area contributed by atoms with Gasteiger partial charge in [-0.05, 0) is 0 Å². The SMILES string of the molecule is CNc1nnc(SCC(=O)NCC(F)(F)F)s1. The number of alkyl halides is 3. The van der Waals surface area contributed by atoms with Gasteiger partial charge in [0, 0.05) is 7.05 Å². The van der Waals surface area contributed by atoms with Gasteiger partial charge >= 0.3 is 6.18 Å². The van der Waals surface area contributed by atoms with E-state index in [4.69, 9.17) is 0 Å². The van der Waals surface area contributed by atoms with Gasteiger partial charge in [0.15, 0.2) is 4.34 Å². The highest BCUT2D eigenvalue weighted by Gasteiger charge is 2.27. The molecule has 0 fully saturated rings. The van der Waals surface area contributed by atoms with Crippen LogP contribution < -0.4 is 10.6 Å². The third-order valence-electron chi connectivity index (χ3n) is 1.43. The Hall–Kier alpha value is -1.03. The first kappa shape index (κ1) is 14.0. The van der Waals surface area contributed by atoms with Gasteiger partial charge in [0.05, 0.1) is 5.75 Å². The molecule has 0 aliphatic carbocycles.